The van der Waals surface area contributed by atoms with Crippen molar-refractivity contribution >= 4 is 40.8 Å². The second-order valence-corrected chi connectivity index (χ2v) is 10.4. The Kier molecular flexibility index (Phi) is 7.43. The summed E-state index contributed by atoms with van der Waals surface area (Å²) in [6, 6.07) is 2.56. The number of carbonyl (C=O) groups excluding carboxylic acids is 2. The zero-order chi connectivity index (χ0) is 26.1. The summed E-state index contributed by atoms with van der Waals surface area (Å²) >= 11 is 7.83. The number of halogens is 2. The zero-order valence-corrected chi connectivity index (χ0v) is 21.5. The summed E-state index contributed by atoms with van der Waals surface area (Å²) in [7, 11) is 1.31. The van der Waals surface area contributed by atoms with Crippen LogP contribution in [-0.4, -0.2) is 72.7 Å². The van der Waals surface area contributed by atoms with E-state index < -0.39 is 23.9 Å². The molecular formula is C24H26ClFN6O4S. The standard InChI is InChI=1S/C24H26ClFN6O4S/c1-35-23(33)19-18(9-32-14-7-13(29-24(27)34)8-15(32)11-36-10-14)30-21(22-28-4-5-37-22)31-20(19)16-3-2-12(26)6-17(16)25/h2-6,13-15,20H,7-11H2,1H3,(H,30,31)(H3,27,29,34)/t13?,14-,15+,20-/m0/s1. The second-order valence-electron chi connectivity index (χ2n) is 9.09. The molecule has 196 valence electrons. The van der Waals surface area contributed by atoms with Crippen molar-refractivity contribution in [2.75, 3.05) is 26.9 Å². The molecule has 1 aromatic carbocycles. The van der Waals surface area contributed by atoms with E-state index in [-0.39, 0.29) is 28.7 Å². The minimum absolute atomic E-state index is 0.00687. The van der Waals surface area contributed by atoms with Gasteiger partial charge in [0.1, 0.15) is 11.9 Å². The van der Waals surface area contributed by atoms with Gasteiger partial charge in [-0.15, -0.1) is 11.3 Å². The van der Waals surface area contributed by atoms with E-state index >= 15 is 0 Å². The Morgan fingerprint density at radius 2 is 2.11 bits per heavy atom. The number of nitrogens with two attached hydrogens (primary N) is 1. The van der Waals surface area contributed by atoms with Gasteiger partial charge in [0.25, 0.3) is 0 Å². The number of carbonyl (C=O) groups is 2. The molecule has 0 radical (unpaired) electrons. The number of amidine groups is 1. The summed E-state index contributed by atoms with van der Waals surface area (Å²) in [6.45, 7) is 1.33. The van der Waals surface area contributed by atoms with Crippen molar-refractivity contribution in [1.82, 2.24) is 20.5 Å². The van der Waals surface area contributed by atoms with E-state index in [1.165, 1.54) is 36.6 Å². The fourth-order valence-corrected chi connectivity index (χ4v) is 6.08. The molecule has 0 saturated carbocycles. The Morgan fingerprint density at radius 1 is 1.35 bits per heavy atom. The number of nitrogens with one attached hydrogen (secondary N) is 2. The lowest BCUT2D eigenvalue weighted by Crippen LogP contribution is -2.62. The van der Waals surface area contributed by atoms with Gasteiger partial charge in [0.2, 0.25) is 0 Å². The molecule has 3 aliphatic rings. The molecule has 10 nitrogen and oxygen atoms in total. The number of hydrogen-bond acceptors (Lipinski definition) is 9. The predicted molar refractivity (Wildman–Crippen MR) is 136 cm³/mol. The van der Waals surface area contributed by atoms with Gasteiger partial charge in [-0.2, -0.15) is 0 Å². The molecule has 4 atom stereocenters. The summed E-state index contributed by atoms with van der Waals surface area (Å²) < 4.78 is 24.8. The van der Waals surface area contributed by atoms with E-state index in [4.69, 9.17) is 31.8 Å². The number of nitrogens with zero attached hydrogens (tertiary/aromatic N) is 3. The number of methoxy groups -OCH3 is 1. The van der Waals surface area contributed by atoms with Crippen molar-refractivity contribution in [2.45, 2.75) is 37.0 Å². The molecule has 3 aliphatic heterocycles. The summed E-state index contributed by atoms with van der Waals surface area (Å²) in [6.07, 6.45) is 2.98. The van der Waals surface area contributed by atoms with Gasteiger partial charge in [0.05, 0.1) is 25.9 Å². The van der Waals surface area contributed by atoms with Crippen molar-refractivity contribution in [3.63, 3.8) is 0 Å². The third-order valence-electron chi connectivity index (χ3n) is 6.78. The minimum Gasteiger partial charge on any atom is -0.466 e. The van der Waals surface area contributed by atoms with Crippen LogP contribution in [0.3, 0.4) is 0 Å². The van der Waals surface area contributed by atoms with Gasteiger partial charge in [-0.05, 0) is 25.0 Å². The minimum atomic E-state index is -0.833. The Labute approximate surface area is 221 Å². The number of urea groups is 1. The first-order valence-electron chi connectivity index (χ1n) is 11.7. The van der Waals surface area contributed by atoms with Gasteiger partial charge in [-0.3, -0.25) is 9.89 Å². The molecular weight excluding hydrogens is 523 g/mol. The number of thiazole rings is 1. The van der Waals surface area contributed by atoms with Crippen molar-refractivity contribution in [3.8, 4) is 0 Å². The number of primary amides is 1. The number of aliphatic imine (C=N–C) groups is 1. The van der Waals surface area contributed by atoms with E-state index in [1.54, 1.807) is 6.20 Å². The predicted octanol–water partition coefficient (Wildman–Crippen LogP) is 2.35. The third kappa shape index (κ3) is 5.33. The molecule has 2 saturated heterocycles. The first kappa shape index (κ1) is 25.6. The Hall–Kier alpha value is -3.06. The van der Waals surface area contributed by atoms with Crippen molar-refractivity contribution in [2.24, 2.45) is 10.7 Å². The topological polar surface area (TPSA) is 131 Å². The van der Waals surface area contributed by atoms with E-state index in [0.29, 0.717) is 54.7 Å². The fourth-order valence-electron chi connectivity index (χ4n) is 5.22. The number of aromatic nitrogens is 1. The number of benzene rings is 1. The van der Waals surface area contributed by atoms with Crippen LogP contribution in [0.4, 0.5) is 9.18 Å². The SMILES string of the molecule is COC(=O)C1=C(CN2[C@@H]3COC[C@H]2CC(NC(N)=O)C3)NC(c2nccs2)=N[C@H]1c1ccc(F)cc1Cl. The average molecular weight is 549 g/mol. The molecule has 2 amide bonds. The largest absolute Gasteiger partial charge is 0.466 e. The molecule has 2 aromatic rings. The number of morpholine rings is 1. The average Bonchev–Trinajstić information content (AvgIpc) is 3.38. The molecule has 13 heteroatoms. The molecule has 2 bridgehead atoms. The molecule has 1 unspecified atom stereocenters. The van der Waals surface area contributed by atoms with Crippen LogP contribution in [-0.2, 0) is 14.3 Å². The number of hydrogen-bond donors (Lipinski definition) is 3. The van der Waals surface area contributed by atoms with Crippen LogP contribution in [0.1, 0.15) is 29.5 Å². The molecule has 4 heterocycles. The monoisotopic (exact) mass is 548 g/mol. The maximum Gasteiger partial charge on any atom is 0.338 e. The van der Waals surface area contributed by atoms with Crippen molar-refractivity contribution in [3.05, 3.63) is 62.5 Å². The summed E-state index contributed by atoms with van der Waals surface area (Å²) in [5.41, 5.74) is 6.72. The Bertz CT molecular complexity index is 1240. The van der Waals surface area contributed by atoms with Crippen LogP contribution in [0.25, 0.3) is 0 Å². The first-order valence-corrected chi connectivity index (χ1v) is 13.0. The second kappa shape index (κ2) is 10.7. The lowest BCUT2D eigenvalue weighted by atomic mass is 9.89. The molecule has 37 heavy (non-hydrogen) atoms. The van der Waals surface area contributed by atoms with Crippen LogP contribution in [0.15, 0.2) is 46.0 Å². The van der Waals surface area contributed by atoms with Gasteiger partial charge >= 0.3 is 12.0 Å². The first-order chi connectivity index (χ1) is 17.8. The number of esters is 1. The highest BCUT2D eigenvalue weighted by Crippen LogP contribution is 2.38. The Morgan fingerprint density at radius 3 is 2.73 bits per heavy atom. The van der Waals surface area contributed by atoms with Crippen molar-refractivity contribution < 1.29 is 23.5 Å². The number of ether oxygens (including phenoxy) is 2. The fraction of sp³-hybridized carbons (Fsp3) is 0.417. The van der Waals surface area contributed by atoms with Gasteiger partial charge < -0.3 is 25.8 Å². The van der Waals surface area contributed by atoms with Crippen LogP contribution in [0, 0.1) is 5.82 Å². The zero-order valence-electron chi connectivity index (χ0n) is 19.9. The van der Waals surface area contributed by atoms with Crippen LogP contribution in [0.5, 0.6) is 0 Å². The maximum absolute atomic E-state index is 13.9. The molecule has 1 aromatic heterocycles. The lowest BCUT2D eigenvalue weighted by molar-refractivity contribution is -0.136. The number of amides is 2. The molecule has 5 rings (SSSR count). The number of piperidine rings is 1. The summed E-state index contributed by atoms with van der Waals surface area (Å²) in [5, 5.41) is 8.76. The highest BCUT2D eigenvalue weighted by Gasteiger charge is 2.42. The van der Waals surface area contributed by atoms with E-state index in [0.717, 1.165) is 0 Å². The van der Waals surface area contributed by atoms with Gasteiger partial charge in [0, 0.05) is 52.5 Å². The number of rotatable bonds is 6. The van der Waals surface area contributed by atoms with Gasteiger partial charge in [-0.1, -0.05) is 17.7 Å². The number of fused-ring (bicyclic) bond motifs is 2. The normalized spacial score (nSPS) is 25.8. The van der Waals surface area contributed by atoms with Gasteiger partial charge in [-0.25, -0.2) is 19.0 Å². The highest BCUT2D eigenvalue weighted by atomic mass is 35.5. The van der Waals surface area contributed by atoms with Crippen LogP contribution < -0.4 is 16.4 Å². The molecule has 2 fully saturated rings. The van der Waals surface area contributed by atoms with Crippen LogP contribution >= 0.6 is 22.9 Å². The Balaban J connectivity index is 1.55. The van der Waals surface area contributed by atoms with E-state index in [2.05, 4.69) is 20.5 Å². The molecule has 4 N–H and O–H groups in total. The van der Waals surface area contributed by atoms with E-state index in [1.807, 2.05) is 5.38 Å². The summed E-state index contributed by atoms with van der Waals surface area (Å²) in [4.78, 5) is 36.0. The van der Waals surface area contributed by atoms with E-state index in [9.17, 15) is 14.0 Å². The third-order valence-corrected chi connectivity index (χ3v) is 7.89. The van der Waals surface area contributed by atoms with Crippen LogP contribution in [0.2, 0.25) is 5.02 Å². The quantitative estimate of drug-likeness (QED) is 0.472. The lowest BCUT2D eigenvalue weighted by Gasteiger charge is -2.49. The van der Waals surface area contributed by atoms with Gasteiger partial charge in [0.15, 0.2) is 10.8 Å². The molecule has 0 spiro atoms. The summed E-state index contributed by atoms with van der Waals surface area (Å²) in [5.74, 6) is -0.577. The highest BCUT2D eigenvalue weighted by molar-refractivity contribution is 7.11. The molecule has 0 aliphatic carbocycles. The smallest absolute Gasteiger partial charge is 0.338 e. The van der Waals surface area contributed by atoms with Crippen molar-refractivity contribution in [1.29, 1.82) is 0 Å². The maximum atomic E-state index is 13.9.